The van der Waals surface area contributed by atoms with Gasteiger partial charge in [-0.05, 0) is 31.2 Å². The van der Waals surface area contributed by atoms with Crippen LogP contribution in [-0.2, 0) is 9.53 Å². The second kappa shape index (κ2) is 5.83. The van der Waals surface area contributed by atoms with E-state index >= 15 is 0 Å². The lowest BCUT2D eigenvalue weighted by atomic mass is 9.82. The summed E-state index contributed by atoms with van der Waals surface area (Å²) in [6.07, 6.45) is 7.09. The van der Waals surface area contributed by atoms with Crippen LogP contribution in [0.1, 0.15) is 19.3 Å². The van der Waals surface area contributed by atoms with Gasteiger partial charge in [0.05, 0.1) is 12.0 Å². The Bertz CT molecular complexity index is 534. The number of aromatic nitrogens is 2. The lowest BCUT2D eigenvalue weighted by Crippen LogP contribution is -2.53. The van der Waals surface area contributed by atoms with Gasteiger partial charge in [0, 0.05) is 44.6 Å². The molecule has 1 N–H and O–H groups in total. The fourth-order valence-corrected chi connectivity index (χ4v) is 3.57. The number of anilines is 1. The number of amides is 1. The highest BCUT2D eigenvalue weighted by Gasteiger charge is 2.44. The van der Waals surface area contributed by atoms with E-state index in [-0.39, 0.29) is 17.9 Å². The number of hydrogen-bond donors (Lipinski definition) is 1. The smallest absolute Gasteiger partial charge is 0.225 e. The largest absolute Gasteiger partial charge is 0.376 e. The average molecular weight is 302 g/mol. The first-order valence-electron chi connectivity index (χ1n) is 8.22. The number of carbonyl (C=O) groups excluding carboxylic acids is 1. The number of rotatable bonds is 4. The highest BCUT2D eigenvalue weighted by Crippen LogP contribution is 2.35. The fraction of sp³-hybridized carbons (Fsp3) is 0.688. The molecule has 3 aliphatic rings. The summed E-state index contributed by atoms with van der Waals surface area (Å²) >= 11 is 0. The van der Waals surface area contributed by atoms with Crippen molar-refractivity contribution in [2.45, 2.75) is 25.4 Å². The summed E-state index contributed by atoms with van der Waals surface area (Å²) < 4.78 is 5.85. The van der Waals surface area contributed by atoms with Crippen LogP contribution in [0.4, 0.5) is 5.95 Å². The zero-order valence-electron chi connectivity index (χ0n) is 12.6. The topological polar surface area (TPSA) is 67.4 Å². The van der Waals surface area contributed by atoms with Gasteiger partial charge in [0.25, 0.3) is 0 Å². The SMILES string of the molecule is O=C(NCC1CC1)[C@H]1CN(c2ncccn2)C[C@H]2OCC[C@@H]12. The van der Waals surface area contributed by atoms with Crippen molar-refractivity contribution in [3.63, 3.8) is 0 Å². The normalized spacial score (nSPS) is 30.9. The summed E-state index contributed by atoms with van der Waals surface area (Å²) in [4.78, 5) is 23.4. The van der Waals surface area contributed by atoms with Crippen LogP contribution in [0.3, 0.4) is 0 Å². The molecule has 3 heterocycles. The predicted molar refractivity (Wildman–Crippen MR) is 81.3 cm³/mol. The minimum Gasteiger partial charge on any atom is -0.376 e. The van der Waals surface area contributed by atoms with Crippen molar-refractivity contribution in [1.82, 2.24) is 15.3 Å². The van der Waals surface area contributed by atoms with E-state index in [1.54, 1.807) is 12.4 Å². The Kier molecular flexibility index (Phi) is 3.70. The molecule has 0 spiro atoms. The quantitative estimate of drug-likeness (QED) is 0.893. The molecule has 1 amide bonds. The molecule has 3 atom stereocenters. The summed E-state index contributed by atoms with van der Waals surface area (Å²) in [5, 5.41) is 3.14. The first-order valence-corrected chi connectivity index (χ1v) is 8.22. The van der Waals surface area contributed by atoms with Gasteiger partial charge in [-0.2, -0.15) is 0 Å². The third-order valence-corrected chi connectivity index (χ3v) is 5.03. The number of carbonyl (C=O) groups is 1. The van der Waals surface area contributed by atoms with Crippen molar-refractivity contribution in [3.05, 3.63) is 18.5 Å². The van der Waals surface area contributed by atoms with Crippen LogP contribution < -0.4 is 10.2 Å². The lowest BCUT2D eigenvalue weighted by molar-refractivity contribution is -0.127. The number of hydrogen-bond acceptors (Lipinski definition) is 5. The minimum absolute atomic E-state index is 0.0243. The molecule has 4 rings (SSSR count). The second-order valence-electron chi connectivity index (χ2n) is 6.61. The Morgan fingerprint density at radius 1 is 1.27 bits per heavy atom. The molecule has 1 aromatic heterocycles. The van der Waals surface area contributed by atoms with Crippen molar-refractivity contribution in [2.24, 2.45) is 17.8 Å². The molecule has 6 nitrogen and oxygen atoms in total. The molecule has 0 unspecified atom stereocenters. The van der Waals surface area contributed by atoms with Gasteiger partial charge in [-0.1, -0.05) is 0 Å². The second-order valence-corrected chi connectivity index (χ2v) is 6.61. The van der Waals surface area contributed by atoms with Gasteiger partial charge in [-0.25, -0.2) is 9.97 Å². The molecule has 1 aliphatic carbocycles. The molecular formula is C16H22N4O2. The van der Waals surface area contributed by atoms with E-state index in [9.17, 15) is 4.79 Å². The van der Waals surface area contributed by atoms with Gasteiger partial charge in [0.2, 0.25) is 11.9 Å². The maximum atomic E-state index is 12.6. The molecule has 0 bridgehead atoms. The van der Waals surface area contributed by atoms with E-state index in [4.69, 9.17) is 4.74 Å². The molecule has 2 saturated heterocycles. The molecule has 0 radical (unpaired) electrons. The van der Waals surface area contributed by atoms with E-state index in [1.807, 2.05) is 6.07 Å². The molecule has 1 aromatic rings. The summed E-state index contributed by atoms with van der Waals surface area (Å²) in [6.45, 7) is 3.05. The fourth-order valence-electron chi connectivity index (χ4n) is 3.57. The Balaban J connectivity index is 1.48. The number of ether oxygens (including phenoxy) is 1. The molecule has 3 fully saturated rings. The Labute approximate surface area is 130 Å². The van der Waals surface area contributed by atoms with Crippen LogP contribution in [0.2, 0.25) is 0 Å². The van der Waals surface area contributed by atoms with Gasteiger partial charge < -0.3 is 15.0 Å². The van der Waals surface area contributed by atoms with Crippen molar-refractivity contribution < 1.29 is 9.53 Å². The van der Waals surface area contributed by atoms with Crippen LogP contribution in [0, 0.1) is 17.8 Å². The summed E-state index contributed by atoms with van der Waals surface area (Å²) in [5.41, 5.74) is 0. The van der Waals surface area contributed by atoms with Crippen molar-refractivity contribution in [2.75, 3.05) is 31.1 Å². The van der Waals surface area contributed by atoms with Crippen LogP contribution in [0.15, 0.2) is 18.5 Å². The van der Waals surface area contributed by atoms with Gasteiger partial charge in [-0.3, -0.25) is 4.79 Å². The number of nitrogens with zero attached hydrogens (tertiary/aromatic N) is 3. The van der Waals surface area contributed by atoms with E-state index in [0.717, 1.165) is 26.1 Å². The summed E-state index contributed by atoms with van der Waals surface area (Å²) in [6, 6.07) is 1.81. The van der Waals surface area contributed by atoms with Gasteiger partial charge in [0.1, 0.15) is 0 Å². The summed E-state index contributed by atoms with van der Waals surface area (Å²) in [7, 11) is 0. The molecular weight excluding hydrogens is 280 g/mol. The highest BCUT2D eigenvalue weighted by molar-refractivity contribution is 5.80. The van der Waals surface area contributed by atoms with Crippen LogP contribution in [0.5, 0.6) is 0 Å². The zero-order valence-corrected chi connectivity index (χ0v) is 12.6. The van der Waals surface area contributed by atoms with Gasteiger partial charge >= 0.3 is 0 Å². The Morgan fingerprint density at radius 2 is 2.09 bits per heavy atom. The number of fused-ring (bicyclic) bond motifs is 1. The summed E-state index contributed by atoms with van der Waals surface area (Å²) in [5.74, 6) is 1.88. The third kappa shape index (κ3) is 2.79. The zero-order chi connectivity index (χ0) is 14.9. The monoisotopic (exact) mass is 302 g/mol. The molecule has 2 aliphatic heterocycles. The molecule has 1 saturated carbocycles. The maximum absolute atomic E-state index is 12.6. The van der Waals surface area contributed by atoms with Crippen LogP contribution in [0.25, 0.3) is 0 Å². The van der Waals surface area contributed by atoms with Crippen LogP contribution >= 0.6 is 0 Å². The van der Waals surface area contributed by atoms with Crippen molar-refractivity contribution in [1.29, 1.82) is 0 Å². The van der Waals surface area contributed by atoms with E-state index in [2.05, 4.69) is 20.2 Å². The standard InChI is InChI=1S/C16H22N4O2/c21-15(19-8-11-2-3-11)13-9-20(16-17-5-1-6-18-16)10-14-12(13)4-7-22-14/h1,5-6,11-14H,2-4,7-10H2,(H,19,21)/t12-,13-,14+/m0/s1. The third-order valence-electron chi connectivity index (χ3n) is 5.03. The average Bonchev–Trinajstić information content (AvgIpc) is 3.27. The van der Waals surface area contributed by atoms with Gasteiger partial charge in [0.15, 0.2) is 0 Å². The number of nitrogens with one attached hydrogen (secondary N) is 1. The Hall–Kier alpha value is -1.69. The maximum Gasteiger partial charge on any atom is 0.225 e. The molecule has 118 valence electrons. The first-order chi connectivity index (χ1) is 10.8. The first kappa shape index (κ1) is 13.9. The predicted octanol–water partition coefficient (Wildman–Crippen LogP) is 0.844. The van der Waals surface area contributed by atoms with E-state index < -0.39 is 0 Å². The highest BCUT2D eigenvalue weighted by atomic mass is 16.5. The lowest BCUT2D eigenvalue weighted by Gasteiger charge is -2.39. The van der Waals surface area contributed by atoms with E-state index in [1.165, 1.54) is 12.8 Å². The Morgan fingerprint density at radius 3 is 2.86 bits per heavy atom. The molecule has 22 heavy (non-hydrogen) atoms. The molecule has 6 heteroatoms. The van der Waals surface area contributed by atoms with Crippen LogP contribution in [-0.4, -0.2) is 48.2 Å². The molecule has 0 aromatic carbocycles. The number of piperidine rings is 1. The van der Waals surface area contributed by atoms with Crippen molar-refractivity contribution in [3.8, 4) is 0 Å². The van der Waals surface area contributed by atoms with Crippen molar-refractivity contribution >= 4 is 11.9 Å². The van der Waals surface area contributed by atoms with E-state index in [0.29, 0.717) is 24.3 Å². The minimum atomic E-state index is -0.0243. The van der Waals surface area contributed by atoms with Gasteiger partial charge in [-0.15, -0.1) is 0 Å².